The van der Waals surface area contributed by atoms with E-state index in [0.29, 0.717) is 27.0 Å². The lowest BCUT2D eigenvalue weighted by Crippen LogP contribution is -1.97. The maximum atomic E-state index is 13.0. The van der Waals surface area contributed by atoms with Crippen molar-refractivity contribution in [3.63, 3.8) is 0 Å². The van der Waals surface area contributed by atoms with Crippen LogP contribution in [0.2, 0.25) is 5.02 Å². The number of halogens is 2. The fourth-order valence-electron chi connectivity index (χ4n) is 2.25. The van der Waals surface area contributed by atoms with Crippen molar-refractivity contribution in [2.45, 2.75) is 13.5 Å². The first-order chi connectivity index (χ1) is 11.9. The zero-order valence-electron chi connectivity index (χ0n) is 13.1. The van der Waals surface area contributed by atoms with Crippen molar-refractivity contribution in [2.75, 3.05) is 0 Å². The van der Waals surface area contributed by atoms with E-state index in [1.165, 1.54) is 12.1 Å². The van der Waals surface area contributed by atoms with Gasteiger partial charge >= 0.3 is 5.97 Å². The van der Waals surface area contributed by atoms with Crippen molar-refractivity contribution in [1.29, 1.82) is 0 Å². The van der Waals surface area contributed by atoms with Crippen LogP contribution in [0.25, 0.3) is 10.6 Å². The molecule has 0 bridgehead atoms. The first kappa shape index (κ1) is 17.4. The Morgan fingerprint density at radius 2 is 2.00 bits per heavy atom. The SMILES string of the molecule is Cc1nc(-c2cc(Cl)ccc2OCc2ccc(F)cc2)sc1C(=O)O. The second-order valence-corrected chi connectivity index (χ2v) is 6.73. The van der Waals surface area contributed by atoms with Crippen molar-refractivity contribution in [1.82, 2.24) is 4.98 Å². The molecule has 128 valence electrons. The van der Waals surface area contributed by atoms with Crippen LogP contribution in [0, 0.1) is 12.7 Å². The zero-order chi connectivity index (χ0) is 18.0. The second-order valence-electron chi connectivity index (χ2n) is 5.29. The Labute approximate surface area is 152 Å². The van der Waals surface area contributed by atoms with E-state index < -0.39 is 5.97 Å². The van der Waals surface area contributed by atoms with Crippen molar-refractivity contribution < 1.29 is 19.0 Å². The third kappa shape index (κ3) is 3.97. The van der Waals surface area contributed by atoms with E-state index in [2.05, 4.69) is 4.98 Å². The number of benzene rings is 2. The third-order valence-corrected chi connectivity index (χ3v) is 4.88. The fourth-order valence-corrected chi connectivity index (χ4v) is 3.35. The Kier molecular flexibility index (Phi) is 5.01. The van der Waals surface area contributed by atoms with E-state index in [1.54, 1.807) is 37.3 Å². The lowest BCUT2D eigenvalue weighted by Gasteiger charge is -2.10. The van der Waals surface area contributed by atoms with Crippen molar-refractivity contribution >= 4 is 28.9 Å². The molecule has 0 amide bonds. The molecule has 0 unspecified atom stereocenters. The van der Waals surface area contributed by atoms with Crippen molar-refractivity contribution in [3.05, 3.63) is 69.4 Å². The topological polar surface area (TPSA) is 59.4 Å². The highest BCUT2D eigenvalue weighted by Crippen LogP contribution is 2.36. The van der Waals surface area contributed by atoms with Crippen LogP contribution in [-0.2, 0) is 6.61 Å². The summed E-state index contributed by atoms with van der Waals surface area (Å²) in [6.07, 6.45) is 0. The van der Waals surface area contributed by atoms with Gasteiger partial charge in [0.2, 0.25) is 0 Å². The second kappa shape index (κ2) is 7.21. The van der Waals surface area contributed by atoms with Crippen molar-refractivity contribution in [2.24, 2.45) is 0 Å². The summed E-state index contributed by atoms with van der Waals surface area (Å²) in [5, 5.41) is 10.2. The van der Waals surface area contributed by atoms with E-state index in [9.17, 15) is 14.3 Å². The third-order valence-electron chi connectivity index (χ3n) is 3.47. The monoisotopic (exact) mass is 377 g/mol. The molecule has 4 nitrogen and oxygen atoms in total. The molecule has 1 N–H and O–H groups in total. The molecule has 0 aliphatic rings. The summed E-state index contributed by atoms with van der Waals surface area (Å²) in [7, 11) is 0. The van der Waals surface area contributed by atoms with Crippen LogP contribution in [0.1, 0.15) is 20.9 Å². The number of ether oxygens (including phenoxy) is 1. The van der Waals surface area contributed by atoms with Gasteiger partial charge in [0.25, 0.3) is 0 Å². The summed E-state index contributed by atoms with van der Waals surface area (Å²) >= 11 is 7.14. The lowest BCUT2D eigenvalue weighted by atomic mass is 10.2. The standard InChI is InChI=1S/C18H13ClFNO3S/c1-10-16(18(22)23)25-17(21-10)14-8-12(19)4-7-15(14)24-9-11-2-5-13(20)6-3-11/h2-8H,9H2,1H3,(H,22,23). The Hall–Kier alpha value is -2.44. The van der Waals surface area contributed by atoms with Crippen LogP contribution in [0.5, 0.6) is 5.75 Å². The molecule has 3 aromatic rings. The van der Waals surface area contributed by atoms with Crippen LogP contribution in [0.4, 0.5) is 4.39 Å². The average molecular weight is 378 g/mol. The van der Waals surface area contributed by atoms with Crippen LogP contribution in [0.15, 0.2) is 42.5 Å². The number of carboxylic acids is 1. The molecule has 1 aromatic heterocycles. The zero-order valence-corrected chi connectivity index (χ0v) is 14.7. The first-order valence-corrected chi connectivity index (χ1v) is 8.51. The van der Waals surface area contributed by atoms with Crippen LogP contribution in [0.3, 0.4) is 0 Å². The summed E-state index contributed by atoms with van der Waals surface area (Å²) < 4.78 is 18.8. The Balaban J connectivity index is 1.91. The first-order valence-electron chi connectivity index (χ1n) is 7.32. The molecule has 7 heteroatoms. The molecule has 1 heterocycles. The largest absolute Gasteiger partial charge is 0.488 e. The van der Waals surface area contributed by atoms with Crippen LogP contribution >= 0.6 is 22.9 Å². The molecule has 0 fully saturated rings. The number of aryl methyl sites for hydroxylation is 1. The van der Waals surface area contributed by atoms with Gasteiger partial charge in [-0.25, -0.2) is 14.2 Å². The van der Waals surface area contributed by atoms with E-state index >= 15 is 0 Å². The van der Waals surface area contributed by atoms with Crippen LogP contribution in [-0.4, -0.2) is 16.1 Å². The van der Waals surface area contributed by atoms with Gasteiger partial charge < -0.3 is 9.84 Å². The molecular formula is C18H13ClFNO3S. The normalized spacial score (nSPS) is 10.7. The van der Waals surface area contributed by atoms with E-state index in [4.69, 9.17) is 16.3 Å². The Bertz CT molecular complexity index is 925. The van der Waals surface area contributed by atoms with Crippen molar-refractivity contribution in [3.8, 4) is 16.3 Å². The number of aromatic carboxylic acids is 1. The highest BCUT2D eigenvalue weighted by molar-refractivity contribution is 7.17. The predicted octanol–water partition coefficient (Wildman–Crippen LogP) is 5.19. The van der Waals surface area contributed by atoms with Gasteiger partial charge in [0.05, 0.1) is 11.3 Å². The molecule has 2 aromatic carbocycles. The molecule has 0 saturated carbocycles. The molecule has 0 saturated heterocycles. The van der Waals surface area contributed by atoms with Gasteiger partial charge in [-0.3, -0.25) is 0 Å². The minimum absolute atomic E-state index is 0.180. The molecule has 0 aliphatic carbocycles. The van der Waals surface area contributed by atoms with Crippen LogP contribution < -0.4 is 4.74 Å². The van der Waals surface area contributed by atoms with E-state index in [-0.39, 0.29) is 17.3 Å². The summed E-state index contributed by atoms with van der Waals surface area (Å²) in [5.74, 6) is -0.799. The fraction of sp³-hybridized carbons (Fsp3) is 0.111. The number of carboxylic acid groups (broad SMARTS) is 1. The Morgan fingerprint density at radius 1 is 1.28 bits per heavy atom. The summed E-state index contributed by atoms with van der Waals surface area (Å²) in [6.45, 7) is 1.89. The maximum absolute atomic E-state index is 13.0. The molecule has 0 radical (unpaired) electrons. The number of hydrogen-bond acceptors (Lipinski definition) is 4. The molecule has 25 heavy (non-hydrogen) atoms. The van der Waals surface area contributed by atoms with Gasteiger partial charge in [-0.1, -0.05) is 23.7 Å². The maximum Gasteiger partial charge on any atom is 0.347 e. The smallest absolute Gasteiger partial charge is 0.347 e. The van der Waals surface area contributed by atoms with Gasteiger partial charge in [0.15, 0.2) is 0 Å². The summed E-state index contributed by atoms with van der Waals surface area (Å²) in [6, 6.07) is 11.1. The van der Waals surface area contributed by atoms with Gasteiger partial charge in [-0.15, -0.1) is 11.3 Å². The number of carbonyl (C=O) groups is 1. The minimum atomic E-state index is -1.02. The molecule has 3 rings (SSSR count). The summed E-state index contributed by atoms with van der Waals surface area (Å²) in [4.78, 5) is 15.7. The lowest BCUT2D eigenvalue weighted by molar-refractivity contribution is 0.0701. The number of nitrogens with zero attached hydrogens (tertiary/aromatic N) is 1. The van der Waals surface area contributed by atoms with Gasteiger partial charge in [0.1, 0.15) is 28.1 Å². The molecule has 0 spiro atoms. The predicted molar refractivity (Wildman–Crippen MR) is 95.0 cm³/mol. The highest BCUT2D eigenvalue weighted by Gasteiger charge is 2.18. The number of rotatable bonds is 5. The number of hydrogen-bond donors (Lipinski definition) is 1. The minimum Gasteiger partial charge on any atom is -0.488 e. The quantitative estimate of drug-likeness (QED) is 0.664. The highest BCUT2D eigenvalue weighted by atomic mass is 35.5. The number of thiazole rings is 1. The van der Waals surface area contributed by atoms with Gasteiger partial charge in [-0.05, 0) is 42.8 Å². The summed E-state index contributed by atoms with van der Waals surface area (Å²) in [5.41, 5.74) is 1.87. The molecule has 0 aliphatic heterocycles. The van der Waals surface area contributed by atoms with Gasteiger partial charge in [-0.2, -0.15) is 0 Å². The Morgan fingerprint density at radius 3 is 2.64 bits per heavy atom. The van der Waals surface area contributed by atoms with E-state index in [0.717, 1.165) is 16.9 Å². The number of aromatic nitrogens is 1. The molecular weight excluding hydrogens is 365 g/mol. The van der Waals surface area contributed by atoms with Gasteiger partial charge in [0, 0.05) is 5.02 Å². The van der Waals surface area contributed by atoms with E-state index in [1.807, 2.05) is 0 Å². The average Bonchev–Trinajstić information content (AvgIpc) is 2.97. The molecule has 0 atom stereocenters.